The number of methoxy groups -OCH3 is 1. The Balaban J connectivity index is 0.00000484. The van der Waals surface area contributed by atoms with Crippen LogP contribution in [0.25, 0.3) is 0 Å². The van der Waals surface area contributed by atoms with Crippen molar-refractivity contribution in [1.82, 2.24) is 4.72 Å². The van der Waals surface area contributed by atoms with E-state index in [2.05, 4.69) is 9.46 Å². The maximum atomic E-state index is 13.4. The molecule has 0 saturated heterocycles. The lowest BCUT2D eigenvalue weighted by Gasteiger charge is -2.17. The number of nitrogens with one attached hydrogen (secondary N) is 1. The second-order valence-corrected chi connectivity index (χ2v) is 6.51. The largest absolute Gasteiger partial charge is 0.465 e. The van der Waals surface area contributed by atoms with E-state index in [9.17, 15) is 17.6 Å². The van der Waals surface area contributed by atoms with Crippen molar-refractivity contribution < 1.29 is 22.3 Å². The number of sulfonamides is 1. The summed E-state index contributed by atoms with van der Waals surface area (Å²) < 4.78 is 45.2. The molecule has 0 fully saturated rings. The molecule has 132 valence electrons. The second-order valence-electron chi connectivity index (χ2n) is 4.83. The summed E-state index contributed by atoms with van der Waals surface area (Å²) in [5, 5.41) is 0. The van der Waals surface area contributed by atoms with Crippen LogP contribution in [0.3, 0.4) is 0 Å². The van der Waals surface area contributed by atoms with E-state index in [1.165, 1.54) is 0 Å². The highest BCUT2D eigenvalue weighted by Crippen LogP contribution is 2.19. The Kier molecular flexibility index (Phi) is 9.29. The van der Waals surface area contributed by atoms with Crippen LogP contribution >= 0.6 is 12.4 Å². The molecule has 0 bridgehead atoms. The van der Waals surface area contributed by atoms with Crippen molar-refractivity contribution in [2.75, 3.05) is 13.7 Å². The SMILES string of the molecule is CCCCC(CN)NS(=O)(=O)c1cc(F)ccc1C(=O)OC.Cl. The Morgan fingerprint density at radius 2 is 2.09 bits per heavy atom. The minimum atomic E-state index is -4.08. The molecule has 0 saturated carbocycles. The average molecular weight is 369 g/mol. The number of unbranched alkanes of at least 4 members (excludes halogenated alkanes) is 1. The zero-order valence-corrected chi connectivity index (χ0v) is 14.7. The number of esters is 1. The maximum Gasteiger partial charge on any atom is 0.339 e. The minimum absolute atomic E-state index is 0. The van der Waals surface area contributed by atoms with Crippen molar-refractivity contribution in [1.29, 1.82) is 0 Å². The van der Waals surface area contributed by atoms with E-state index in [-0.39, 0.29) is 24.5 Å². The third kappa shape index (κ3) is 6.06. The molecule has 1 rings (SSSR count). The van der Waals surface area contributed by atoms with Gasteiger partial charge in [-0.1, -0.05) is 19.8 Å². The lowest BCUT2D eigenvalue weighted by Crippen LogP contribution is -2.40. The molecule has 1 atom stereocenters. The Bertz CT molecular complexity index is 625. The highest BCUT2D eigenvalue weighted by atomic mass is 35.5. The first-order chi connectivity index (χ1) is 10.4. The van der Waals surface area contributed by atoms with Crippen molar-refractivity contribution in [3.05, 3.63) is 29.6 Å². The van der Waals surface area contributed by atoms with Crippen LogP contribution in [-0.4, -0.2) is 34.1 Å². The number of nitrogens with two attached hydrogens (primary N) is 1. The Morgan fingerprint density at radius 3 is 2.61 bits per heavy atom. The maximum absolute atomic E-state index is 13.4. The Hall–Kier alpha value is -1.22. The van der Waals surface area contributed by atoms with Crippen molar-refractivity contribution in [2.45, 2.75) is 37.1 Å². The number of rotatable bonds is 8. The van der Waals surface area contributed by atoms with Gasteiger partial charge in [-0.25, -0.2) is 22.3 Å². The normalized spacial score (nSPS) is 12.3. The molecule has 6 nitrogen and oxygen atoms in total. The van der Waals surface area contributed by atoms with Crippen LogP contribution in [0.1, 0.15) is 36.5 Å². The van der Waals surface area contributed by atoms with E-state index in [4.69, 9.17) is 5.73 Å². The third-order valence-corrected chi connectivity index (χ3v) is 4.71. The van der Waals surface area contributed by atoms with Gasteiger partial charge in [0.05, 0.1) is 17.6 Å². The summed E-state index contributed by atoms with van der Waals surface area (Å²) in [4.78, 5) is 11.2. The summed E-state index contributed by atoms with van der Waals surface area (Å²) in [6, 6.07) is 2.41. The lowest BCUT2D eigenvalue weighted by molar-refractivity contribution is 0.0596. The second kappa shape index (κ2) is 9.82. The van der Waals surface area contributed by atoms with Crippen molar-refractivity contribution in [3.63, 3.8) is 0 Å². The standard InChI is InChI=1S/C14H21FN2O4S.ClH/c1-3-4-5-11(9-16)17-22(19,20)13-8-10(15)6-7-12(13)14(18)21-2;/h6-8,11,17H,3-5,9,16H2,1-2H3;1H. The number of hydrogen-bond donors (Lipinski definition) is 2. The quantitative estimate of drug-likeness (QED) is 0.682. The monoisotopic (exact) mass is 368 g/mol. The van der Waals surface area contributed by atoms with Gasteiger partial charge in [-0.05, 0) is 24.6 Å². The molecule has 0 amide bonds. The fourth-order valence-electron chi connectivity index (χ4n) is 1.96. The van der Waals surface area contributed by atoms with Gasteiger partial charge in [0.1, 0.15) is 5.82 Å². The molecule has 0 aromatic heterocycles. The molecule has 1 unspecified atom stereocenters. The van der Waals surface area contributed by atoms with Gasteiger partial charge >= 0.3 is 5.97 Å². The van der Waals surface area contributed by atoms with Gasteiger partial charge < -0.3 is 10.5 Å². The van der Waals surface area contributed by atoms with Gasteiger partial charge in [0.25, 0.3) is 0 Å². The Morgan fingerprint density at radius 1 is 1.43 bits per heavy atom. The number of hydrogen-bond acceptors (Lipinski definition) is 5. The van der Waals surface area contributed by atoms with Crippen LogP contribution in [0.15, 0.2) is 23.1 Å². The topological polar surface area (TPSA) is 98.5 Å². The van der Waals surface area contributed by atoms with E-state index in [0.29, 0.717) is 6.42 Å². The number of halogens is 2. The van der Waals surface area contributed by atoms with E-state index >= 15 is 0 Å². The summed E-state index contributed by atoms with van der Waals surface area (Å²) in [5.74, 6) is -1.61. The predicted molar refractivity (Wildman–Crippen MR) is 87.7 cm³/mol. The van der Waals surface area contributed by atoms with Gasteiger partial charge in [0.15, 0.2) is 0 Å². The molecule has 0 spiro atoms. The molecular weight excluding hydrogens is 347 g/mol. The van der Waals surface area contributed by atoms with E-state index in [1.807, 2.05) is 6.92 Å². The van der Waals surface area contributed by atoms with Crippen molar-refractivity contribution in [3.8, 4) is 0 Å². The fraction of sp³-hybridized carbons (Fsp3) is 0.500. The molecule has 1 aromatic carbocycles. The van der Waals surface area contributed by atoms with Crippen LogP contribution in [0, 0.1) is 5.82 Å². The zero-order valence-electron chi connectivity index (χ0n) is 13.0. The first kappa shape index (κ1) is 21.8. The first-order valence-electron chi connectivity index (χ1n) is 6.96. The van der Waals surface area contributed by atoms with Crippen LogP contribution in [0.2, 0.25) is 0 Å². The van der Waals surface area contributed by atoms with E-state index in [0.717, 1.165) is 38.2 Å². The minimum Gasteiger partial charge on any atom is -0.465 e. The Labute approximate surface area is 142 Å². The third-order valence-electron chi connectivity index (χ3n) is 3.15. The fourth-order valence-corrected chi connectivity index (χ4v) is 3.44. The van der Waals surface area contributed by atoms with Crippen LogP contribution in [-0.2, 0) is 14.8 Å². The molecule has 0 radical (unpaired) electrons. The summed E-state index contributed by atoms with van der Waals surface area (Å²) in [5.41, 5.74) is 5.34. The van der Waals surface area contributed by atoms with Crippen LogP contribution < -0.4 is 10.5 Å². The van der Waals surface area contributed by atoms with Gasteiger partial charge in [0, 0.05) is 12.6 Å². The number of benzene rings is 1. The zero-order chi connectivity index (χ0) is 16.8. The molecule has 9 heteroatoms. The van der Waals surface area contributed by atoms with Crippen molar-refractivity contribution in [2.24, 2.45) is 5.73 Å². The molecule has 3 N–H and O–H groups in total. The summed E-state index contributed by atoms with van der Waals surface area (Å²) in [6.45, 7) is 2.09. The summed E-state index contributed by atoms with van der Waals surface area (Å²) in [7, 11) is -2.96. The first-order valence-corrected chi connectivity index (χ1v) is 8.44. The van der Waals surface area contributed by atoms with Crippen LogP contribution in [0.5, 0.6) is 0 Å². The molecule has 1 aromatic rings. The number of carbonyl (C=O) groups is 1. The van der Waals surface area contributed by atoms with E-state index in [1.54, 1.807) is 0 Å². The van der Waals surface area contributed by atoms with E-state index < -0.39 is 32.7 Å². The average Bonchev–Trinajstić information content (AvgIpc) is 2.50. The van der Waals surface area contributed by atoms with Gasteiger partial charge in [-0.3, -0.25) is 0 Å². The van der Waals surface area contributed by atoms with Gasteiger partial charge in [-0.2, -0.15) is 0 Å². The summed E-state index contributed by atoms with van der Waals surface area (Å²) in [6.07, 6.45) is 2.26. The van der Waals surface area contributed by atoms with Gasteiger partial charge in [0.2, 0.25) is 10.0 Å². The molecule has 0 aliphatic carbocycles. The predicted octanol–water partition coefficient (Wildman–Crippen LogP) is 1.83. The molecule has 0 heterocycles. The molecule has 0 aliphatic heterocycles. The molecule has 23 heavy (non-hydrogen) atoms. The smallest absolute Gasteiger partial charge is 0.339 e. The highest BCUT2D eigenvalue weighted by molar-refractivity contribution is 7.89. The van der Waals surface area contributed by atoms with Crippen LogP contribution in [0.4, 0.5) is 4.39 Å². The number of ether oxygens (including phenoxy) is 1. The van der Waals surface area contributed by atoms with Gasteiger partial charge in [-0.15, -0.1) is 12.4 Å². The molecule has 0 aliphatic rings. The molecular formula is C14H22ClFN2O4S. The summed E-state index contributed by atoms with van der Waals surface area (Å²) >= 11 is 0. The number of carbonyl (C=O) groups excluding carboxylic acids is 1. The highest BCUT2D eigenvalue weighted by Gasteiger charge is 2.26. The lowest BCUT2D eigenvalue weighted by atomic mass is 10.1. The van der Waals surface area contributed by atoms with Crippen molar-refractivity contribution >= 4 is 28.4 Å².